The lowest BCUT2D eigenvalue weighted by molar-refractivity contribution is -0.384. The van der Waals surface area contributed by atoms with E-state index in [-0.39, 0.29) is 16.4 Å². The first-order valence-electron chi connectivity index (χ1n) is 8.23. The highest BCUT2D eigenvalue weighted by atomic mass is 32.1. The van der Waals surface area contributed by atoms with Gasteiger partial charge in [-0.05, 0) is 37.8 Å². The minimum absolute atomic E-state index is 0.0617. The predicted molar refractivity (Wildman–Crippen MR) is 93.0 cm³/mol. The largest absolute Gasteiger partial charge is 0.433 e. The number of nitro benzene ring substituents is 1. The van der Waals surface area contributed by atoms with Crippen LogP contribution >= 0.6 is 11.3 Å². The van der Waals surface area contributed by atoms with Crippen LogP contribution in [0.4, 0.5) is 18.9 Å². The molecule has 4 rings (SSSR count). The molecule has 3 aromatic rings. The topological polar surface area (TPSA) is 73.8 Å². The van der Waals surface area contributed by atoms with E-state index < -0.39 is 16.8 Å². The van der Waals surface area contributed by atoms with Crippen molar-refractivity contribution in [2.24, 2.45) is 0 Å². The molecule has 0 unspecified atom stereocenters. The Morgan fingerprint density at radius 3 is 2.52 bits per heavy atom. The van der Waals surface area contributed by atoms with Gasteiger partial charge in [-0.3, -0.25) is 10.1 Å². The Kier molecular flexibility index (Phi) is 4.22. The van der Waals surface area contributed by atoms with Gasteiger partial charge in [0, 0.05) is 28.6 Å². The summed E-state index contributed by atoms with van der Waals surface area (Å²) in [6, 6.07) is 5.72. The molecular formula is C17H13F3N4O2S. The van der Waals surface area contributed by atoms with Gasteiger partial charge >= 0.3 is 6.18 Å². The van der Waals surface area contributed by atoms with Gasteiger partial charge in [-0.15, -0.1) is 11.3 Å². The zero-order chi connectivity index (χ0) is 19.2. The molecule has 0 amide bonds. The van der Waals surface area contributed by atoms with Crippen molar-refractivity contribution in [2.75, 3.05) is 0 Å². The van der Waals surface area contributed by atoms with Crippen molar-refractivity contribution in [2.45, 2.75) is 31.9 Å². The summed E-state index contributed by atoms with van der Waals surface area (Å²) < 4.78 is 41.9. The standard InChI is InChI=1S/C17H13F3N4O2S/c18-17(19,20)15-12-3-1-2-4-13(12)22-23(15)16-21-14(9-27-16)10-5-7-11(8-6-10)24(25)26/h5-9H,1-4H2. The van der Waals surface area contributed by atoms with Gasteiger partial charge in [-0.25, -0.2) is 9.67 Å². The van der Waals surface area contributed by atoms with Crippen molar-refractivity contribution in [1.82, 2.24) is 14.8 Å². The monoisotopic (exact) mass is 394 g/mol. The van der Waals surface area contributed by atoms with E-state index in [2.05, 4.69) is 10.1 Å². The third-order valence-corrected chi connectivity index (χ3v) is 5.29. The van der Waals surface area contributed by atoms with Crippen LogP contribution < -0.4 is 0 Å². The van der Waals surface area contributed by atoms with E-state index >= 15 is 0 Å². The van der Waals surface area contributed by atoms with Crippen LogP contribution in [-0.2, 0) is 19.0 Å². The predicted octanol–water partition coefficient (Wildman–Crippen LogP) is 4.80. The molecule has 0 bridgehead atoms. The first-order chi connectivity index (χ1) is 12.8. The van der Waals surface area contributed by atoms with E-state index in [1.54, 1.807) is 5.38 Å². The second-order valence-electron chi connectivity index (χ2n) is 6.21. The Bertz CT molecular complexity index is 1010. The Balaban J connectivity index is 1.75. The molecule has 27 heavy (non-hydrogen) atoms. The molecule has 140 valence electrons. The lowest BCUT2D eigenvalue weighted by atomic mass is 9.96. The Morgan fingerprint density at radius 2 is 1.85 bits per heavy atom. The molecule has 2 heterocycles. The van der Waals surface area contributed by atoms with Crippen LogP contribution in [0, 0.1) is 10.1 Å². The molecule has 0 radical (unpaired) electrons. The molecule has 0 atom stereocenters. The van der Waals surface area contributed by atoms with Crippen molar-refractivity contribution < 1.29 is 18.1 Å². The fourth-order valence-electron chi connectivity index (χ4n) is 3.23. The molecule has 0 N–H and O–H groups in total. The van der Waals surface area contributed by atoms with E-state index in [1.807, 2.05) is 0 Å². The second kappa shape index (κ2) is 6.45. The maximum Gasteiger partial charge on any atom is 0.433 e. The summed E-state index contributed by atoms with van der Waals surface area (Å²) in [6.07, 6.45) is -2.07. The van der Waals surface area contributed by atoms with Crippen LogP contribution in [-0.4, -0.2) is 19.7 Å². The second-order valence-corrected chi connectivity index (χ2v) is 7.05. The quantitative estimate of drug-likeness (QED) is 0.472. The van der Waals surface area contributed by atoms with Gasteiger partial charge in [0.1, 0.15) is 0 Å². The van der Waals surface area contributed by atoms with Crippen molar-refractivity contribution in [3.8, 4) is 16.4 Å². The first kappa shape index (κ1) is 17.7. The van der Waals surface area contributed by atoms with Gasteiger partial charge in [0.2, 0.25) is 5.13 Å². The maximum absolute atomic E-state index is 13.7. The number of hydrogen-bond acceptors (Lipinski definition) is 5. The molecule has 1 aromatic carbocycles. The average Bonchev–Trinajstić information content (AvgIpc) is 3.26. The number of halogens is 3. The molecule has 0 saturated heterocycles. The number of fused-ring (bicyclic) bond motifs is 1. The van der Waals surface area contributed by atoms with Crippen LogP contribution in [0.2, 0.25) is 0 Å². The number of benzene rings is 1. The number of thiazole rings is 1. The van der Waals surface area contributed by atoms with E-state index in [4.69, 9.17) is 0 Å². The summed E-state index contributed by atoms with van der Waals surface area (Å²) in [7, 11) is 0. The molecule has 6 nitrogen and oxygen atoms in total. The highest BCUT2D eigenvalue weighted by molar-refractivity contribution is 7.12. The van der Waals surface area contributed by atoms with Crippen molar-refractivity contribution in [3.05, 3.63) is 56.7 Å². The van der Waals surface area contributed by atoms with E-state index in [1.165, 1.54) is 24.3 Å². The number of nitrogens with zero attached hydrogens (tertiary/aromatic N) is 4. The summed E-state index contributed by atoms with van der Waals surface area (Å²) in [5.41, 5.74) is 0.983. The maximum atomic E-state index is 13.7. The number of nitro groups is 1. The number of hydrogen-bond donors (Lipinski definition) is 0. The Hall–Kier alpha value is -2.75. The molecule has 1 aliphatic carbocycles. The van der Waals surface area contributed by atoms with Crippen LogP contribution in [0.15, 0.2) is 29.6 Å². The zero-order valence-electron chi connectivity index (χ0n) is 13.9. The summed E-state index contributed by atoms with van der Waals surface area (Å²) >= 11 is 1.06. The minimum atomic E-state index is -4.52. The van der Waals surface area contributed by atoms with Crippen molar-refractivity contribution >= 4 is 17.0 Å². The van der Waals surface area contributed by atoms with Gasteiger partial charge in [-0.2, -0.15) is 18.3 Å². The van der Waals surface area contributed by atoms with Crippen LogP contribution in [0.5, 0.6) is 0 Å². The van der Waals surface area contributed by atoms with Gasteiger partial charge in [0.25, 0.3) is 5.69 Å². The first-order valence-corrected chi connectivity index (χ1v) is 9.11. The number of non-ortho nitro benzene ring substituents is 1. The van der Waals surface area contributed by atoms with E-state index in [0.29, 0.717) is 36.2 Å². The number of aryl methyl sites for hydroxylation is 1. The van der Waals surface area contributed by atoms with Crippen LogP contribution in [0.3, 0.4) is 0 Å². The average molecular weight is 394 g/mol. The fraction of sp³-hybridized carbons (Fsp3) is 0.294. The van der Waals surface area contributed by atoms with Crippen LogP contribution in [0.25, 0.3) is 16.4 Å². The Morgan fingerprint density at radius 1 is 1.15 bits per heavy atom. The molecule has 0 aliphatic heterocycles. The smallest absolute Gasteiger partial charge is 0.258 e. The molecular weight excluding hydrogens is 381 g/mol. The lowest BCUT2D eigenvalue weighted by Gasteiger charge is -2.13. The number of alkyl halides is 3. The normalized spacial score (nSPS) is 14.2. The molecule has 10 heteroatoms. The van der Waals surface area contributed by atoms with Gasteiger partial charge in [0.05, 0.1) is 16.3 Å². The summed E-state index contributed by atoms with van der Waals surface area (Å²) in [5, 5.41) is 16.7. The van der Waals surface area contributed by atoms with Gasteiger partial charge < -0.3 is 0 Å². The zero-order valence-corrected chi connectivity index (χ0v) is 14.7. The highest BCUT2D eigenvalue weighted by Gasteiger charge is 2.41. The molecule has 2 aromatic heterocycles. The summed E-state index contributed by atoms with van der Waals surface area (Å²) in [4.78, 5) is 14.5. The van der Waals surface area contributed by atoms with Crippen LogP contribution in [0.1, 0.15) is 29.8 Å². The SMILES string of the molecule is O=[N+]([O-])c1ccc(-c2csc(-n3nc4c(c3C(F)(F)F)CCCC4)n2)cc1. The Labute approximate surface area is 155 Å². The minimum Gasteiger partial charge on any atom is -0.258 e. The van der Waals surface area contributed by atoms with Crippen molar-refractivity contribution in [3.63, 3.8) is 0 Å². The van der Waals surface area contributed by atoms with Crippen molar-refractivity contribution in [1.29, 1.82) is 0 Å². The van der Waals surface area contributed by atoms with Gasteiger partial charge in [0.15, 0.2) is 5.69 Å². The molecule has 1 aliphatic rings. The number of rotatable bonds is 3. The molecule has 0 saturated carbocycles. The third-order valence-electron chi connectivity index (χ3n) is 4.47. The summed E-state index contributed by atoms with van der Waals surface area (Å²) in [5.74, 6) is 0. The molecule has 0 spiro atoms. The number of aromatic nitrogens is 3. The van der Waals surface area contributed by atoms with E-state index in [0.717, 1.165) is 22.4 Å². The molecule has 0 fully saturated rings. The highest BCUT2D eigenvalue weighted by Crippen LogP contribution is 2.38. The summed E-state index contributed by atoms with van der Waals surface area (Å²) in [6.45, 7) is 0. The lowest BCUT2D eigenvalue weighted by Crippen LogP contribution is -2.16. The van der Waals surface area contributed by atoms with E-state index in [9.17, 15) is 23.3 Å². The van der Waals surface area contributed by atoms with Gasteiger partial charge in [-0.1, -0.05) is 0 Å². The third kappa shape index (κ3) is 3.20. The fourth-order valence-corrected chi connectivity index (χ4v) is 4.02.